The van der Waals surface area contributed by atoms with E-state index in [0.29, 0.717) is 12.6 Å². The molecule has 2 aromatic rings. The summed E-state index contributed by atoms with van der Waals surface area (Å²) in [7, 11) is 1.66. The largest absolute Gasteiger partial charge is 0.504 e. The first kappa shape index (κ1) is 25.2. The number of para-hydroxylation sites is 2. The fourth-order valence-electron chi connectivity index (χ4n) is 4.72. The number of methoxy groups -OCH3 is 1. The average Bonchev–Trinajstić information content (AvgIpc) is 2.84. The minimum absolute atomic E-state index is 0.00224. The first-order chi connectivity index (χ1) is 16.1. The fraction of sp³-hybridized carbons (Fsp3) is 0.556. The predicted octanol–water partition coefficient (Wildman–Crippen LogP) is 4.51. The van der Waals surface area contributed by atoms with Gasteiger partial charge in [0.25, 0.3) is 0 Å². The summed E-state index contributed by atoms with van der Waals surface area (Å²) < 4.78 is 11.1. The maximum Gasteiger partial charge on any atom is 0.161 e. The zero-order valence-electron chi connectivity index (χ0n) is 20.2. The lowest BCUT2D eigenvalue weighted by Crippen LogP contribution is -2.40. The summed E-state index contributed by atoms with van der Waals surface area (Å²) in [5.74, 6) is 1.63. The Labute approximate surface area is 198 Å². The van der Waals surface area contributed by atoms with Gasteiger partial charge < -0.3 is 29.9 Å². The molecule has 0 saturated heterocycles. The highest BCUT2D eigenvalue weighted by molar-refractivity contribution is 5.50. The van der Waals surface area contributed by atoms with E-state index in [-0.39, 0.29) is 11.5 Å². The summed E-state index contributed by atoms with van der Waals surface area (Å²) in [4.78, 5) is 2.63. The van der Waals surface area contributed by atoms with Crippen molar-refractivity contribution in [1.82, 2.24) is 10.2 Å². The van der Waals surface area contributed by atoms with Gasteiger partial charge in [-0.05, 0) is 81.9 Å². The van der Waals surface area contributed by atoms with Crippen LogP contribution in [0.2, 0.25) is 0 Å². The molecule has 3 rings (SSSR count). The highest BCUT2D eigenvalue weighted by atomic mass is 16.5. The number of aromatic hydroxyl groups is 2. The van der Waals surface area contributed by atoms with Crippen LogP contribution in [-0.4, -0.2) is 61.1 Å². The Balaban J connectivity index is 1.31. The molecule has 182 valence electrons. The van der Waals surface area contributed by atoms with Gasteiger partial charge >= 0.3 is 0 Å². The second-order valence-corrected chi connectivity index (χ2v) is 8.81. The predicted molar refractivity (Wildman–Crippen MR) is 133 cm³/mol. The van der Waals surface area contributed by atoms with Crippen molar-refractivity contribution in [2.45, 2.75) is 57.9 Å². The van der Waals surface area contributed by atoms with E-state index in [4.69, 9.17) is 9.47 Å². The molecule has 0 fully saturated rings. The molecule has 1 aliphatic rings. The number of nitrogens with one attached hydrogen (secondary N) is 1. The van der Waals surface area contributed by atoms with Gasteiger partial charge in [0.05, 0.1) is 7.11 Å². The summed E-state index contributed by atoms with van der Waals surface area (Å²) in [6.07, 6.45) is 7.55. The van der Waals surface area contributed by atoms with Crippen molar-refractivity contribution in [3.05, 3.63) is 47.5 Å². The number of phenols is 2. The number of phenolic OH excluding ortho intramolecular Hbond substituents is 2. The van der Waals surface area contributed by atoms with Gasteiger partial charge in [0.2, 0.25) is 0 Å². The third kappa shape index (κ3) is 7.27. The van der Waals surface area contributed by atoms with Gasteiger partial charge in [0, 0.05) is 18.2 Å². The molecule has 0 radical (unpaired) electrons. The molecule has 0 aromatic heterocycles. The van der Waals surface area contributed by atoms with Crippen LogP contribution in [0.3, 0.4) is 0 Å². The first-order valence-electron chi connectivity index (χ1n) is 12.4. The summed E-state index contributed by atoms with van der Waals surface area (Å²) >= 11 is 0. The average molecular weight is 457 g/mol. The number of hydrogen-bond acceptors (Lipinski definition) is 6. The molecule has 0 unspecified atom stereocenters. The van der Waals surface area contributed by atoms with Crippen molar-refractivity contribution in [3.63, 3.8) is 0 Å². The van der Waals surface area contributed by atoms with E-state index < -0.39 is 0 Å². The van der Waals surface area contributed by atoms with Crippen molar-refractivity contribution < 1.29 is 19.7 Å². The Morgan fingerprint density at radius 1 is 1.00 bits per heavy atom. The molecule has 1 atom stereocenters. The van der Waals surface area contributed by atoms with Gasteiger partial charge in [0.15, 0.2) is 23.0 Å². The molecule has 33 heavy (non-hydrogen) atoms. The van der Waals surface area contributed by atoms with Crippen LogP contribution in [0, 0.1) is 0 Å². The SMILES string of the molecule is CCCN(CCCCCNCCOc1ccccc1OC)[C@H]1CCc2c(ccc(O)c2O)C1. The van der Waals surface area contributed by atoms with Crippen LogP contribution in [-0.2, 0) is 12.8 Å². The number of unbranched alkanes of at least 4 members (excludes halogenated alkanes) is 2. The van der Waals surface area contributed by atoms with E-state index >= 15 is 0 Å². The maximum atomic E-state index is 10.1. The molecular formula is C27H40N2O4. The van der Waals surface area contributed by atoms with E-state index in [9.17, 15) is 10.2 Å². The normalized spacial score (nSPS) is 15.4. The Bertz CT molecular complexity index is 858. The van der Waals surface area contributed by atoms with E-state index in [0.717, 1.165) is 75.3 Å². The lowest BCUT2D eigenvalue weighted by Gasteiger charge is -2.35. The molecule has 0 spiro atoms. The molecule has 6 nitrogen and oxygen atoms in total. The van der Waals surface area contributed by atoms with Gasteiger partial charge in [-0.3, -0.25) is 0 Å². The summed E-state index contributed by atoms with van der Waals surface area (Å²) in [5, 5.41) is 23.4. The summed E-state index contributed by atoms with van der Waals surface area (Å²) in [6, 6.07) is 11.8. The Morgan fingerprint density at radius 3 is 2.61 bits per heavy atom. The van der Waals surface area contributed by atoms with Crippen molar-refractivity contribution in [2.75, 3.05) is 39.9 Å². The third-order valence-corrected chi connectivity index (χ3v) is 6.47. The second-order valence-electron chi connectivity index (χ2n) is 8.81. The first-order valence-corrected chi connectivity index (χ1v) is 12.4. The smallest absolute Gasteiger partial charge is 0.161 e. The van der Waals surface area contributed by atoms with Crippen molar-refractivity contribution >= 4 is 0 Å². The Kier molecular flexibility index (Phi) is 10.2. The molecule has 0 amide bonds. The lowest BCUT2D eigenvalue weighted by atomic mass is 9.86. The van der Waals surface area contributed by atoms with Gasteiger partial charge in [-0.25, -0.2) is 0 Å². The molecule has 0 aliphatic heterocycles. The van der Waals surface area contributed by atoms with Crippen LogP contribution in [0.1, 0.15) is 50.2 Å². The van der Waals surface area contributed by atoms with Crippen molar-refractivity contribution in [1.29, 1.82) is 0 Å². The van der Waals surface area contributed by atoms with Crippen molar-refractivity contribution in [3.8, 4) is 23.0 Å². The van der Waals surface area contributed by atoms with Crippen LogP contribution in [0.4, 0.5) is 0 Å². The number of benzene rings is 2. The summed E-state index contributed by atoms with van der Waals surface area (Å²) in [6.45, 7) is 6.93. The minimum atomic E-state index is -0.00224. The van der Waals surface area contributed by atoms with Crippen LogP contribution in [0.25, 0.3) is 0 Å². The number of nitrogens with zero attached hydrogens (tertiary/aromatic N) is 1. The zero-order valence-corrected chi connectivity index (χ0v) is 20.2. The summed E-state index contributed by atoms with van der Waals surface area (Å²) in [5.41, 5.74) is 2.12. The van der Waals surface area contributed by atoms with Gasteiger partial charge in [-0.2, -0.15) is 0 Å². The Hall–Kier alpha value is -2.44. The van der Waals surface area contributed by atoms with Crippen LogP contribution in [0.15, 0.2) is 36.4 Å². The topological polar surface area (TPSA) is 74.2 Å². The van der Waals surface area contributed by atoms with E-state index in [2.05, 4.69) is 17.1 Å². The fourth-order valence-corrected chi connectivity index (χ4v) is 4.72. The molecule has 6 heteroatoms. The van der Waals surface area contributed by atoms with Gasteiger partial charge in [0.1, 0.15) is 6.61 Å². The quantitative estimate of drug-likeness (QED) is 0.287. The molecule has 0 bridgehead atoms. The van der Waals surface area contributed by atoms with E-state index in [1.165, 1.54) is 18.4 Å². The number of hydrogen-bond donors (Lipinski definition) is 3. The lowest BCUT2D eigenvalue weighted by molar-refractivity contribution is 0.175. The molecule has 2 aromatic carbocycles. The molecule has 1 aliphatic carbocycles. The number of rotatable bonds is 14. The van der Waals surface area contributed by atoms with Gasteiger partial charge in [-0.1, -0.05) is 31.5 Å². The number of fused-ring (bicyclic) bond motifs is 1. The molecule has 3 N–H and O–H groups in total. The zero-order chi connectivity index (χ0) is 23.5. The maximum absolute atomic E-state index is 10.1. The number of ether oxygens (including phenoxy) is 2. The van der Waals surface area contributed by atoms with E-state index in [1.54, 1.807) is 13.2 Å². The minimum Gasteiger partial charge on any atom is -0.504 e. The Morgan fingerprint density at radius 2 is 1.82 bits per heavy atom. The second kappa shape index (κ2) is 13.3. The van der Waals surface area contributed by atoms with Gasteiger partial charge in [-0.15, -0.1) is 0 Å². The molecular weight excluding hydrogens is 416 g/mol. The highest BCUT2D eigenvalue weighted by Gasteiger charge is 2.26. The van der Waals surface area contributed by atoms with Crippen molar-refractivity contribution in [2.24, 2.45) is 0 Å². The van der Waals surface area contributed by atoms with Crippen LogP contribution in [0.5, 0.6) is 23.0 Å². The monoisotopic (exact) mass is 456 g/mol. The third-order valence-electron chi connectivity index (χ3n) is 6.47. The highest BCUT2D eigenvalue weighted by Crippen LogP contribution is 2.36. The standard InChI is InChI=1S/C27H40N2O4/c1-3-17-29(22-12-13-23-21(20-22)11-14-24(30)27(23)31)18-8-4-7-15-28-16-19-33-26-10-6-5-9-25(26)32-2/h5-6,9-11,14,22,28,30-31H,3-4,7-8,12-13,15-20H2,1-2H3/t22-/m0/s1. The van der Waals surface area contributed by atoms with Crippen LogP contribution >= 0.6 is 0 Å². The molecule has 0 saturated carbocycles. The molecule has 0 heterocycles. The van der Waals surface area contributed by atoms with E-state index in [1.807, 2.05) is 30.3 Å². The van der Waals surface area contributed by atoms with Crippen LogP contribution < -0.4 is 14.8 Å².